The van der Waals surface area contributed by atoms with Gasteiger partial charge in [0, 0.05) is 5.33 Å². The van der Waals surface area contributed by atoms with Crippen molar-refractivity contribution in [3.05, 3.63) is 0 Å². The summed E-state index contributed by atoms with van der Waals surface area (Å²) in [5.74, 6) is 0. The maximum Gasteiger partial charge on any atom is 1.00 e. The summed E-state index contributed by atoms with van der Waals surface area (Å²) >= 11 is 3.25. The van der Waals surface area contributed by atoms with Crippen LogP contribution in [-0.2, 0) is 10.4 Å². The maximum absolute atomic E-state index is 8.74. The molecule has 0 rings (SSSR count). The molecule has 7 heteroatoms. The molecule has 0 unspecified atom stereocenters. The van der Waals surface area contributed by atoms with Crippen LogP contribution in [0.2, 0.25) is 0 Å². The monoisotopic (exact) mass is 244 g/mol. The van der Waals surface area contributed by atoms with Crippen LogP contribution in [0, 0.1) is 0 Å². The van der Waals surface area contributed by atoms with Crippen LogP contribution < -0.4 is 29.6 Å². The van der Waals surface area contributed by atoms with Crippen molar-refractivity contribution in [3.8, 4) is 0 Å². The fourth-order valence-corrected chi connectivity index (χ4v) is 0. The van der Waals surface area contributed by atoms with Crippen molar-refractivity contribution in [2.24, 2.45) is 0 Å². The molecule has 60 valence electrons. The van der Waals surface area contributed by atoms with Crippen LogP contribution in [0.1, 0.15) is 14.8 Å². The largest absolute Gasteiger partial charge is 1.00 e. The molecule has 0 amide bonds. The zero-order valence-electron chi connectivity index (χ0n) is 6.91. The Kier molecular flexibility index (Phi) is 18.0. The molecule has 0 aliphatic rings. The average molecular weight is 245 g/mol. The Morgan fingerprint density at radius 3 is 1.60 bits per heavy atom. The minimum Gasteiger partial charge on any atom is -1.00 e. The Hall–Kier alpha value is 1.35. The van der Waals surface area contributed by atoms with E-state index in [0.29, 0.717) is 0 Å². The first-order chi connectivity index (χ1) is 3.91. The standard InChI is InChI=1S/C3H7Br.Na.H2O4S.H/c1-2-3-4;;1-5(2,3)4;/h2-3H2,1H3;;(H2,1,2,3,4);/q;+1;;-1. The molecule has 0 spiro atoms. The zero-order chi connectivity index (χ0) is 7.91. The number of hydrogen-bond acceptors (Lipinski definition) is 2. The first kappa shape index (κ1) is 17.4. The van der Waals surface area contributed by atoms with E-state index in [1.54, 1.807) is 0 Å². The van der Waals surface area contributed by atoms with Gasteiger partial charge in [0.2, 0.25) is 0 Å². The minimum absolute atomic E-state index is 0. The maximum atomic E-state index is 8.74. The fourth-order valence-electron chi connectivity index (χ4n) is 0. The Labute approximate surface area is 92.9 Å². The molecule has 0 aromatic rings. The molecule has 0 aromatic heterocycles. The summed E-state index contributed by atoms with van der Waals surface area (Å²) in [6, 6.07) is 0. The van der Waals surface area contributed by atoms with Crippen molar-refractivity contribution in [1.29, 1.82) is 0 Å². The van der Waals surface area contributed by atoms with Crippen molar-refractivity contribution < 1.29 is 48.5 Å². The smallest absolute Gasteiger partial charge is 1.00 e. The molecule has 4 nitrogen and oxygen atoms in total. The molecule has 0 heterocycles. The van der Waals surface area contributed by atoms with Gasteiger partial charge in [-0.1, -0.05) is 22.9 Å². The molecule has 2 N–H and O–H groups in total. The van der Waals surface area contributed by atoms with Gasteiger partial charge in [0.05, 0.1) is 0 Å². The Morgan fingerprint density at radius 2 is 1.60 bits per heavy atom. The normalized spacial score (nSPS) is 8.80. The summed E-state index contributed by atoms with van der Waals surface area (Å²) < 4.78 is 31.6. The molecule has 0 aromatic carbocycles. The number of alkyl halides is 1. The predicted molar refractivity (Wildman–Crippen MR) is 39.4 cm³/mol. The summed E-state index contributed by atoms with van der Waals surface area (Å²) in [5, 5.41) is 1.13. The van der Waals surface area contributed by atoms with Gasteiger partial charge in [-0.25, -0.2) is 0 Å². The van der Waals surface area contributed by atoms with Crippen molar-refractivity contribution in [2.75, 3.05) is 5.33 Å². The van der Waals surface area contributed by atoms with Gasteiger partial charge in [-0.2, -0.15) is 8.42 Å². The topological polar surface area (TPSA) is 74.6 Å². The second-order valence-corrected chi connectivity index (χ2v) is 2.83. The van der Waals surface area contributed by atoms with Crippen LogP contribution in [-0.4, -0.2) is 22.9 Å². The van der Waals surface area contributed by atoms with Gasteiger partial charge in [0.25, 0.3) is 0 Å². The summed E-state index contributed by atoms with van der Waals surface area (Å²) in [6.07, 6.45) is 1.24. The van der Waals surface area contributed by atoms with Gasteiger partial charge in [-0.3, -0.25) is 9.11 Å². The molecule has 0 aliphatic carbocycles. The number of halogens is 1. The second kappa shape index (κ2) is 10.3. The summed E-state index contributed by atoms with van der Waals surface area (Å²) in [5.41, 5.74) is 0. The zero-order valence-corrected chi connectivity index (χ0v) is 10.3. The third kappa shape index (κ3) is 118. The van der Waals surface area contributed by atoms with Crippen molar-refractivity contribution >= 4 is 26.3 Å². The van der Waals surface area contributed by atoms with E-state index in [1.807, 2.05) is 0 Å². The Bertz CT molecular complexity index is 128. The van der Waals surface area contributed by atoms with E-state index < -0.39 is 10.4 Å². The van der Waals surface area contributed by atoms with E-state index in [-0.39, 0.29) is 31.0 Å². The van der Waals surface area contributed by atoms with Crippen LogP contribution in [0.3, 0.4) is 0 Å². The summed E-state index contributed by atoms with van der Waals surface area (Å²) in [6.45, 7) is 2.13. The quantitative estimate of drug-likeness (QED) is 0.326. The fraction of sp³-hybridized carbons (Fsp3) is 1.00. The third-order valence-electron chi connectivity index (χ3n) is 0.189. The van der Waals surface area contributed by atoms with E-state index in [1.165, 1.54) is 6.42 Å². The molecule has 10 heavy (non-hydrogen) atoms. The molecule has 0 bridgehead atoms. The first-order valence-electron chi connectivity index (χ1n) is 2.17. The molecular weight excluding hydrogens is 235 g/mol. The second-order valence-electron chi connectivity index (χ2n) is 1.14. The van der Waals surface area contributed by atoms with Crippen LogP contribution >= 0.6 is 15.9 Å². The first-order valence-corrected chi connectivity index (χ1v) is 4.69. The van der Waals surface area contributed by atoms with Crippen molar-refractivity contribution in [2.45, 2.75) is 13.3 Å². The van der Waals surface area contributed by atoms with E-state index in [9.17, 15) is 0 Å². The van der Waals surface area contributed by atoms with Gasteiger partial charge in [-0.05, 0) is 6.42 Å². The van der Waals surface area contributed by atoms with Crippen LogP contribution in [0.4, 0.5) is 0 Å². The van der Waals surface area contributed by atoms with Gasteiger partial charge in [-0.15, -0.1) is 0 Å². The van der Waals surface area contributed by atoms with E-state index >= 15 is 0 Å². The van der Waals surface area contributed by atoms with E-state index in [2.05, 4.69) is 22.9 Å². The predicted octanol–water partition coefficient (Wildman–Crippen LogP) is -1.74. The van der Waals surface area contributed by atoms with Gasteiger partial charge >= 0.3 is 40.0 Å². The summed E-state index contributed by atoms with van der Waals surface area (Å²) in [4.78, 5) is 0. The van der Waals surface area contributed by atoms with Crippen LogP contribution in [0.15, 0.2) is 0 Å². The molecule has 0 saturated carbocycles. The van der Waals surface area contributed by atoms with Crippen molar-refractivity contribution in [3.63, 3.8) is 0 Å². The third-order valence-corrected chi connectivity index (χ3v) is 0.982. The number of hydrogen-bond donors (Lipinski definition) is 2. The van der Waals surface area contributed by atoms with E-state index in [0.717, 1.165) is 5.33 Å². The minimum atomic E-state index is -4.67. The Morgan fingerprint density at radius 1 is 1.50 bits per heavy atom. The molecule has 0 fully saturated rings. The average Bonchev–Trinajstić information content (AvgIpc) is 1.61. The SMILES string of the molecule is CCCBr.O=S(=O)(O)O.[H-].[Na+]. The van der Waals surface area contributed by atoms with Gasteiger partial charge in [0.1, 0.15) is 0 Å². The number of rotatable bonds is 1. The molecule has 0 radical (unpaired) electrons. The molecule has 0 aliphatic heterocycles. The van der Waals surface area contributed by atoms with Crippen molar-refractivity contribution in [1.82, 2.24) is 0 Å². The van der Waals surface area contributed by atoms with Crippen LogP contribution in [0.25, 0.3) is 0 Å². The van der Waals surface area contributed by atoms with Gasteiger partial charge < -0.3 is 1.43 Å². The molecular formula is C3H10BrNaO4S. The van der Waals surface area contributed by atoms with Gasteiger partial charge in [0.15, 0.2) is 0 Å². The molecule has 0 atom stereocenters. The molecule has 0 saturated heterocycles. The summed E-state index contributed by atoms with van der Waals surface area (Å²) in [7, 11) is -4.67. The Balaban J connectivity index is -0.0000000383. The van der Waals surface area contributed by atoms with Crippen LogP contribution in [0.5, 0.6) is 0 Å². The van der Waals surface area contributed by atoms with E-state index in [4.69, 9.17) is 17.5 Å².